The Balaban J connectivity index is 1.30. The third-order valence-corrected chi connectivity index (χ3v) is 7.68. The van der Waals surface area contributed by atoms with Crippen LogP contribution >= 0.6 is 23.1 Å². The molecule has 1 saturated heterocycles. The monoisotopic (exact) mass is 436 g/mol. The Kier molecular flexibility index (Phi) is 7.42. The number of fused-ring (bicyclic) bond motifs is 1. The first-order valence-electron chi connectivity index (χ1n) is 10.3. The molecule has 0 bridgehead atoms. The molecule has 4 rings (SSSR count). The zero-order valence-electron chi connectivity index (χ0n) is 16.7. The number of nitrogens with one attached hydrogen (secondary N) is 1. The van der Waals surface area contributed by atoms with Gasteiger partial charge in [0.05, 0.1) is 29.5 Å². The van der Waals surface area contributed by atoms with E-state index in [4.69, 9.17) is 19.2 Å². The fourth-order valence-electron chi connectivity index (χ4n) is 3.79. The summed E-state index contributed by atoms with van der Waals surface area (Å²) in [6.45, 7) is 1.58. The Labute approximate surface area is 179 Å². The van der Waals surface area contributed by atoms with Crippen LogP contribution in [-0.4, -0.2) is 49.4 Å². The van der Waals surface area contributed by atoms with E-state index < -0.39 is 0 Å². The fraction of sp³-hybridized carbons (Fsp3) is 0.619. The Hall–Kier alpha value is -1.19. The van der Waals surface area contributed by atoms with Gasteiger partial charge in [0.1, 0.15) is 0 Å². The first-order valence-corrected chi connectivity index (χ1v) is 12.1. The summed E-state index contributed by atoms with van der Waals surface area (Å²) in [6.07, 6.45) is 5.78. The van der Waals surface area contributed by atoms with Crippen LogP contribution in [-0.2, 0) is 19.0 Å². The maximum absolute atomic E-state index is 12.6. The van der Waals surface area contributed by atoms with E-state index >= 15 is 0 Å². The SMILES string of the molecule is COC1CCC(C(=O)Nc2ccc3nc(SCCC4OCCCO4)sc3c2)CC1. The molecule has 0 atom stereocenters. The van der Waals surface area contributed by atoms with Crippen molar-refractivity contribution in [3.05, 3.63) is 18.2 Å². The van der Waals surface area contributed by atoms with Gasteiger partial charge in [-0.25, -0.2) is 4.98 Å². The van der Waals surface area contributed by atoms with Gasteiger partial charge in [0, 0.05) is 30.9 Å². The summed E-state index contributed by atoms with van der Waals surface area (Å²) < 4.78 is 18.7. The molecule has 2 aromatic rings. The second-order valence-corrected chi connectivity index (χ2v) is 9.90. The minimum Gasteiger partial charge on any atom is -0.381 e. The normalized spacial score (nSPS) is 23.3. The number of nitrogens with zero attached hydrogens (tertiary/aromatic N) is 1. The number of ether oxygens (including phenoxy) is 3. The summed E-state index contributed by atoms with van der Waals surface area (Å²) in [5.41, 5.74) is 1.82. The lowest BCUT2D eigenvalue weighted by atomic mass is 9.87. The molecule has 2 fully saturated rings. The lowest BCUT2D eigenvalue weighted by molar-refractivity contribution is -0.178. The predicted molar refractivity (Wildman–Crippen MR) is 117 cm³/mol. The standard InChI is InChI=1S/C21H28N2O4S2/c1-25-16-6-3-14(4-7-16)20(24)22-15-5-8-17-18(13-15)29-21(23-17)28-12-9-19-26-10-2-11-27-19/h5,8,13-14,16,19H,2-4,6-7,9-12H2,1H3,(H,22,24). The highest BCUT2D eigenvalue weighted by Gasteiger charge is 2.26. The maximum atomic E-state index is 12.6. The number of anilines is 1. The number of benzene rings is 1. The summed E-state index contributed by atoms with van der Waals surface area (Å²) in [5, 5.41) is 3.09. The van der Waals surface area contributed by atoms with Crippen molar-refractivity contribution in [3.63, 3.8) is 0 Å². The first-order chi connectivity index (χ1) is 14.2. The third-order valence-electron chi connectivity index (χ3n) is 5.49. The molecule has 2 aliphatic rings. The minimum atomic E-state index is -0.0774. The molecule has 1 aromatic carbocycles. The van der Waals surface area contributed by atoms with E-state index in [1.807, 2.05) is 18.2 Å². The number of aromatic nitrogens is 1. The van der Waals surface area contributed by atoms with E-state index in [1.54, 1.807) is 30.2 Å². The van der Waals surface area contributed by atoms with Crippen molar-refractivity contribution in [2.24, 2.45) is 5.92 Å². The van der Waals surface area contributed by atoms with Crippen LogP contribution in [0.3, 0.4) is 0 Å². The van der Waals surface area contributed by atoms with Gasteiger partial charge in [-0.1, -0.05) is 11.8 Å². The quantitative estimate of drug-likeness (QED) is 0.635. The van der Waals surface area contributed by atoms with Gasteiger partial charge in [-0.2, -0.15) is 0 Å². The Morgan fingerprint density at radius 1 is 1.28 bits per heavy atom. The highest BCUT2D eigenvalue weighted by Crippen LogP contribution is 2.33. The molecular formula is C21H28N2O4S2. The second-order valence-electron chi connectivity index (χ2n) is 7.52. The molecule has 0 unspecified atom stereocenters. The van der Waals surface area contributed by atoms with Gasteiger partial charge in [0.15, 0.2) is 10.6 Å². The smallest absolute Gasteiger partial charge is 0.227 e. The van der Waals surface area contributed by atoms with Crippen molar-refractivity contribution >= 4 is 44.9 Å². The van der Waals surface area contributed by atoms with Crippen molar-refractivity contribution in [2.75, 3.05) is 31.4 Å². The molecule has 1 aliphatic carbocycles. The van der Waals surface area contributed by atoms with Crippen molar-refractivity contribution in [1.29, 1.82) is 0 Å². The largest absolute Gasteiger partial charge is 0.381 e. The number of carbonyl (C=O) groups excluding carboxylic acids is 1. The summed E-state index contributed by atoms with van der Waals surface area (Å²) >= 11 is 3.40. The zero-order valence-corrected chi connectivity index (χ0v) is 18.4. The van der Waals surface area contributed by atoms with Crippen LogP contribution in [0.4, 0.5) is 5.69 Å². The number of rotatable bonds is 7. The van der Waals surface area contributed by atoms with Crippen molar-refractivity contribution in [3.8, 4) is 0 Å². The number of thiazole rings is 1. The van der Waals surface area contributed by atoms with Crippen molar-refractivity contribution < 1.29 is 19.0 Å². The maximum Gasteiger partial charge on any atom is 0.227 e. The highest BCUT2D eigenvalue weighted by molar-refractivity contribution is 8.01. The molecule has 6 nitrogen and oxygen atoms in total. The van der Waals surface area contributed by atoms with Crippen molar-refractivity contribution in [1.82, 2.24) is 4.98 Å². The van der Waals surface area contributed by atoms with Crippen LogP contribution in [0.15, 0.2) is 22.5 Å². The molecule has 8 heteroatoms. The van der Waals surface area contributed by atoms with Gasteiger partial charge < -0.3 is 19.5 Å². The average Bonchev–Trinajstić information content (AvgIpc) is 3.16. The summed E-state index contributed by atoms with van der Waals surface area (Å²) in [5.74, 6) is 1.11. The molecular weight excluding hydrogens is 408 g/mol. The number of hydrogen-bond donors (Lipinski definition) is 1. The number of thioether (sulfide) groups is 1. The lowest BCUT2D eigenvalue weighted by Crippen LogP contribution is -2.29. The summed E-state index contributed by atoms with van der Waals surface area (Å²) in [4.78, 5) is 17.3. The Morgan fingerprint density at radius 2 is 2.07 bits per heavy atom. The van der Waals surface area contributed by atoms with Gasteiger partial charge in [0.25, 0.3) is 0 Å². The van der Waals surface area contributed by atoms with Crippen LogP contribution in [0.2, 0.25) is 0 Å². The van der Waals surface area contributed by atoms with E-state index in [9.17, 15) is 4.79 Å². The Morgan fingerprint density at radius 3 is 2.83 bits per heavy atom. The number of amides is 1. The molecule has 0 radical (unpaired) electrons. The molecule has 0 spiro atoms. The number of methoxy groups -OCH3 is 1. The topological polar surface area (TPSA) is 69.7 Å². The third kappa shape index (κ3) is 5.70. The minimum absolute atomic E-state index is 0.0774. The number of hydrogen-bond acceptors (Lipinski definition) is 7. The Bertz CT molecular complexity index is 814. The van der Waals surface area contributed by atoms with Crippen LogP contribution in [0.5, 0.6) is 0 Å². The van der Waals surface area contributed by atoms with Gasteiger partial charge in [-0.05, 0) is 50.3 Å². The van der Waals surface area contributed by atoms with Gasteiger partial charge in [0.2, 0.25) is 5.91 Å². The molecule has 1 aliphatic heterocycles. The van der Waals surface area contributed by atoms with Crippen LogP contribution in [0, 0.1) is 5.92 Å². The van der Waals surface area contributed by atoms with Gasteiger partial charge in [-0.3, -0.25) is 4.79 Å². The molecule has 1 N–H and O–H groups in total. The zero-order chi connectivity index (χ0) is 20.1. The molecule has 2 heterocycles. The average molecular weight is 437 g/mol. The van der Waals surface area contributed by atoms with Crippen molar-refractivity contribution in [2.45, 2.75) is 55.3 Å². The lowest BCUT2D eigenvalue weighted by Gasteiger charge is -2.26. The molecule has 1 amide bonds. The van der Waals surface area contributed by atoms with E-state index in [1.165, 1.54) is 0 Å². The second kappa shape index (κ2) is 10.2. The van der Waals surface area contributed by atoms with Gasteiger partial charge in [-0.15, -0.1) is 11.3 Å². The van der Waals surface area contributed by atoms with Crippen LogP contribution < -0.4 is 5.32 Å². The fourth-order valence-corrected chi connectivity index (χ4v) is 5.93. The number of carbonyl (C=O) groups is 1. The van der Waals surface area contributed by atoms with E-state index in [2.05, 4.69) is 5.32 Å². The highest BCUT2D eigenvalue weighted by atomic mass is 32.2. The van der Waals surface area contributed by atoms with E-state index in [0.717, 1.165) is 77.7 Å². The van der Waals surface area contributed by atoms with Crippen LogP contribution in [0.25, 0.3) is 10.2 Å². The molecule has 29 heavy (non-hydrogen) atoms. The molecule has 158 valence electrons. The predicted octanol–water partition coefficient (Wildman–Crippen LogP) is 4.69. The van der Waals surface area contributed by atoms with Crippen LogP contribution in [0.1, 0.15) is 38.5 Å². The van der Waals surface area contributed by atoms with Gasteiger partial charge >= 0.3 is 0 Å². The summed E-state index contributed by atoms with van der Waals surface area (Å²) in [6, 6.07) is 5.96. The molecule has 1 aromatic heterocycles. The first kappa shape index (κ1) is 21.1. The van der Waals surface area contributed by atoms with E-state index in [0.29, 0.717) is 6.10 Å². The molecule has 1 saturated carbocycles. The van der Waals surface area contributed by atoms with E-state index in [-0.39, 0.29) is 18.1 Å². The summed E-state index contributed by atoms with van der Waals surface area (Å²) in [7, 11) is 1.75.